The van der Waals surface area contributed by atoms with E-state index in [9.17, 15) is 4.79 Å². The molecule has 0 aliphatic heterocycles. The number of rotatable bonds is 2. The van der Waals surface area contributed by atoms with Gasteiger partial charge in [0.15, 0.2) is 5.95 Å². The van der Waals surface area contributed by atoms with Crippen LogP contribution in [0.5, 0.6) is 0 Å². The van der Waals surface area contributed by atoms with E-state index in [1.807, 2.05) is 6.07 Å². The van der Waals surface area contributed by atoms with E-state index in [1.165, 1.54) is 0 Å². The minimum absolute atomic E-state index is 0.283. The number of nitrogen functional groups attached to an aromatic ring is 1. The Kier molecular flexibility index (Phi) is 2.36. The van der Waals surface area contributed by atoms with Crippen molar-refractivity contribution >= 4 is 11.9 Å². The first-order valence-corrected chi connectivity index (χ1v) is 4.72. The number of aromatic nitrogens is 2. The van der Waals surface area contributed by atoms with Crippen LogP contribution in [-0.2, 0) is 0 Å². The SMILES string of the molecule is Cc1ccc(-c2cnc(N)[nH]2)cc1C(=O)O. The Hall–Kier alpha value is -2.30. The summed E-state index contributed by atoms with van der Waals surface area (Å²) in [6.07, 6.45) is 1.58. The van der Waals surface area contributed by atoms with Gasteiger partial charge in [0.2, 0.25) is 0 Å². The van der Waals surface area contributed by atoms with Gasteiger partial charge in [-0.1, -0.05) is 12.1 Å². The number of H-pyrrole nitrogens is 1. The lowest BCUT2D eigenvalue weighted by molar-refractivity contribution is 0.0696. The fourth-order valence-corrected chi connectivity index (χ4v) is 1.50. The molecule has 0 bridgehead atoms. The van der Waals surface area contributed by atoms with Gasteiger partial charge in [0.25, 0.3) is 0 Å². The first-order valence-electron chi connectivity index (χ1n) is 4.72. The molecule has 4 N–H and O–H groups in total. The molecule has 0 atom stereocenters. The summed E-state index contributed by atoms with van der Waals surface area (Å²) in [5.41, 5.74) is 7.93. The maximum absolute atomic E-state index is 11.0. The van der Waals surface area contributed by atoms with Crippen LogP contribution >= 0.6 is 0 Å². The summed E-state index contributed by atoms with van der Waals surface area (Å²) in [6, 6.07) is 5.19. The van der Waals surface area contributed by atoms with Crippen molar-refractivity contribution in [2.75, 3.05) is 5.73 Å². The maximum atomic E-state index is 11.0. The first kappa shape index (κ1) is 10.2. The van der Waals surface area contributed by atoms with Crippen molar-refractivity contribution in [1.82, 2.24) is 9.97 Å². The number of hydrogen-bond acceptors (Lipinski definition) is 3. The molecule has 5 heteroatoms. The fraction of sp³-hybridized carbons (Fsp3) is 0.0909. The molecule has 2 aromatic rings. The Balaban J connectivity index is 2.51. The van der Waals surface area contributed by atoms with E-state index in [2.05, 4.69) is 9.97 Å². The Morgan fingerprint density at radius 3 is 2.81 bits per heavy atom. The lowest BCUT2D eigenvalue weighted by Gasteiger charge is -2.03. The number of nitrogens with one attached hydrogen (secondary N) is 1. The third kappa shape index (κ3) is 1.75. The van der Waals surface area contributed by atoms with Crippen LogP contribution in [0.3, 0.4) is 0 Å². The van der Waals surface area contributed by atoms with E-state index >= 15 is 0 Å². The predicted molar refractivity (Wildman–Crippen MR) is 60.1 cm³/mol. The summed E-state index contributed by atoms with van der Waals surface area (Å²) in [5, 5.41) is 8.99. The lowest BCUT2D eigenvalue weighted by atomic mass is 10.0. The zero-order chi connectivity index (χ0) is 11.7. The Morgan fingerprint density at radius 1 is 1.50 bits per heavy atom. The molecule has 0 fully saturated rings. The number of nitrogens with two attached hydrogens (primary N) is 1. The zero-order valence-electron chi connectivity index (χ0n) is 8.69. The largest absolute Gasteiger partial charge is 0.478 e. The number of imidazole rings is 1. The van der Waals surface area contributed by atoms with Crippen LogP contribution in [0.4, 0.5) is 5.95 Å². The Bertz CT molecular complexity index is 546. The quantitative estimate of drug-likeness (QED) is 0.713. The smallest absolute Gasteiger partial charge is 0.335 e. The van der Waals surface area contributed by atoms with Crippen molar-refractivity contribution in [2.45, 2.75) is 6.92 Å². The van der Waals surface area contributed by atoms with Crippen molar-refractivity contribution in [3.8, 4) is 11.3 Å². The monoisotopic (exact) mass is 217 g/mol. The summed E-state index contributed by atoms with van der Waals surface area (Å²) in [6.45, 7) is 1.76. The van der Waals surface area contributed by atoms with E-state index in [-0.39, 0.29) is 5.56 Å². The molecule has 2 rings (SSSR count). The Labute approximate surface area is 91.9 Å². The third-order valence-electron chi connectivity index (χ3n) is 2.37. The van der Waals surface area contributed by atoms with Gasteiger partial charge in [-0.2, -0.15) is 0 Å². The molecule has 1 aromatic carbocycles. The van der Waals surface area contributed by atoms with Crippen LogP contribution in [0, 0.1) is 6.92 Å². The molecule has 82 valence electrons. The van der Waals surface area contributed by atoms with E-state index in [0.717, 1.165) is 11.1 Å². The van der Waals surface area contributed by atoms with Gasteiger partial charge in [-0.05, 0) is 18.6 Å². The van der Waals surface area contributed by atoms with Gasteiger partial charge in [-0.25, -0.2) is 9.78 Å². The molecule has 0 aliphatic rings. The molecule has 16 heavy (non-hydrogen) atoms. The van der Waals surface area contributed by atoms with Gasteiger partial charge in [0.1, 0.15) is 0 Å². The molecule has 1 aromatic heterocycles. The number of benzene rings is 1. The molecule has 0 unspecified atom stereocenters. The van der Waals surface area contributed by atoms with E-state index in [1.54, 1.807) is 25.3 Å². The van der Waals surface area contributed by atoms with Crippen molar-refractivity contribution in [1.29, 1.82) is 0 Å². The second-order valence-electron chi connectivity index (χ2n) is 3.52. The number of carboxylic acids is 1. The normalized spacial score (nSPS) is 10.3. The van der Waals surface area contributed by atoms with E-state index in [4.69, 9.17) is 10.8 Å². The van der Waals surface area contributed by atoms with Crippen molar-refractivity contribution < 1.29 is 9.90 Å². The number of aromatic amines is 1. The average Bonchev–Trinajstić information content (AvgIpc) is 2.65. The predicted octanol–water partition coefficient (Wildman–Crippen LogP) is 1.67. The number of aryl methyl sites for hydroxylation is 1. The molecule has 5 nitrogen and oxygen atoms in total. The highest BCUT2D eigenvalue weighted by molar-refractivity contribution is 5.91. The number of carboxylic acid groups (broad SMARTS) is 1. The topological polar surface area (TPSA) is 92.0 Å². The van der Waals surface area contributed by atoms with E-state index in [0.29, 0.717) is 11.6 Å². The second-order valence-corrected chi connectivity index (χ2v) is 3.52. The average molecular weight is 217 g/mol. The number of anilines is 1. The van der Waals surface area contributed by atoms with Gasteiger partial charge in [0, 0.05) is 5.56 Å². The highest BCUT2D eigenvalue weighted by Gasteiger charge is 2.09. The number of carbonyl (C=O) groups is 1. The van der Waals surface area contributed by atoms with Gasteiger partial charge >= 0.3 is 5.97 Å². The number of hydrogen-bond donors (Lipinski definition) is 3. The molecule has 0 spiro atoms. The number of nitrogens with zero attached hydrogens (tertiary/aromatic N) is 1. The first-order chi connectivity index (χ1) is 7.58. The third-order valence-corrected chi connectivity index (χ3v) is 2.37. The summed E-state index contributed by atoms with van der Waals surface area (Å²) in [4.78, 5) is 17.7. The maximum Gasteiger partial charge on any atom is 0.335 e. The van der Waals surface area contributed by atoms with Crippen LogP contribution < -0.4 is 5.73 Å². The van der Waals surface area contributed by atoms with Crippen LogP contribution in [0.15, 0.2) is 24.4 Å². The van der Waals surface area contributed by atoms with Crippen molar-refractivity contribution in [3.05, 3.63) is 35.5 Å². The summed E-state index contributed by atoms with van der Waals surface area (Å²) in [5.74, 6) is -0.626. The molecule has 1 heterocycles. The Morgan fingerprint density at radius 2 is 2.25 bits per heavy atom. The molecule has 0 saturated carbocycles. The van der Waals surface area contributed by atoms with Crippen LogP contribution in [0.25, 0.3) is 11.3 Å². The molecule has 0 amide bonds. The van der Waals surface area contributed by atoms with Gasteiger partial charge in [0.05, 0.1) is 17.5 Å². The van der Waals surface area contributed by atoms with Crippen LogP contribution in [0.1, 0.15) is 15.9 Å². The highest BCUT2D eigenvalue weighted by atomic mass is 16.4. The lowest BCUT2D eigenvalue weighted by Crippen LogP contribution is -1.99. The summed E-state index contributed by atoms with van der Waals surface area (Å²) >= 11 is 0. The molecular weight excluding hydrogens is 206 g/mol. The molecular formula is C11H11N3O2. The van der Waals surface area contributed by atoms with Crippen LogP contribution in [0.2, 0.25) is 0 Å². The fourth-order valence-electron chi connectivity index (χ4n) is 1.50. The molecule has 0 radical (unpaired) electrons. The number of aromatic carboxylic acids is 1. The van der Waals surface area contributed by atoms with Crippen molar-refractivity contribution in [2.24, 2.45) is 0 Å². The minimum atomic E-state index is -0.938. The second kappa shape index (κ2) is 3.69. The molecule has 0 saturated heterocycles. The minimum Gasteiger partial charge on any atom is -0.478 e. The molecule has 0 aliphatic carbocycles. The summed E-state index contributed by atoms with van der Waals surface area (Å²) in [7, 11) is 0. The zero-order valence-corrected chi connectivity index (χ0v) is 8.69. The van der Waals surface area contributed by atoms with Gasteiger partial charge in [-0.15, -0.1) is 0 Å². The highest BCUT2D eigenvalue weighted by Crippen LogP contribution is 2.21. The van der Waals surface area contributed by atoms with Crippen molar-refractivity contribution in [3.63, 3.8) is 0 Å². The van der Waals surface area contributed by atoms with Gasteiger partial charge < -0.3 is 15.8 Å². The van der Waals surface area contributed by atoms with E-state index < -0.39 is 5.97 Å². The van der Waals surface area contributed by atoms with Gasteiger partial charge in [-0.3, -0.25) is 0 Å². The van der Waals surface area contributed by atoms with Crippen LogP contribution in [-0.4, -0.2) is 21.0 Å². The summed E-state index contributed by atoms with van der Waals surface area (Å²) < 4.78 is 0. The standard InChI is InChI=1S/C11H11N3O2/c1-6-2-3-7(4-8(6)10(15)16)9-5-13-11(12)14-9/h2-5H,1H3,(H,15,16)(H3,12,13,14).